The molecule has 0 atom stereocenters. The minimum atomic E-state index is -4.82. The largest absolute Gasteiger partial charge is 0.522 e. The van der Waals surface area contributed by atoms with Gasteiger partial charge in [0, 0.05) is 6.54 Å². The molecule has 108 valence electrons. The quantitative estimate of drug-likeness (QED) is 0.661. The van der Waals surface area contributed by atoms with E-state index >= 15 is 0 Å². The number of para-hydroxylation sites is 1. The Morgan fingerprint density at radius 1 is 1.11 bits per heavy atom. The molecule has 0 heterocycles. The Kier molecular flexibility index (Phi) is 4.92. The number of benzene rings is 1. The third-order valence-corrected chi connectivity index (χ3v) is 2.30. The summed E-state index contributed by atoms with van der Waals surface area (Å²) in [5.41, 5.74) is -1.52. The van der Waals surface area contributed by atoms with Crippen LogP contribution in [0.25, 0.3) is 0 Å². The van der Waals surface area contributed by atoms with Crippen molar-refractivity contribution >= 4 is 17.3 Å². The van der Waals surface area contributed by atoms with Gasteiger partial charge in [0.25, 0.3) is 0 Å². The van der Waals surface area contributed by atoms with Gasteiger partial charge >= 0.3 is 12.5 Å². The molecule has 0 saturated heterocycles. The van der Waals surface area contributed by atoms with Crippen molar-refractivity contribution in [3.63, 3.8) is 0 Å². The average molecular weight is 308 g/mol. The van der Waals surface area contributed by atoms with Crippen LogP contribution in [-0.4, -0.2) is 19.5 Å². The molecule has 0 aliphatic heterocycles. The van der Waals surface area contributed by atoms with E-state index in [1.54, 1.807) is 0 Å². The molecule has 0 unspecified atom stereocenters. The summed E-state index contributed by atoms with van der Waals surface area (Å²) in [5, 5.41) is 1.95. The Morgan fingerprint density at radius 3 is 2.26 bits per heavy atom. The number of nitrogens with one attached hydrogen (secondary N) is 1. The van der Waals surface area contributed by atoms with Crippen LogP contribution in [0.2, 0.25) is 5.02 Å². The van der Waals surface area contributed by atoms with Crippen molar-refractivity contribution < 1.29 is 31.1 Å². The van der Waals surface area contributed by atoms with Crippen LogP contribution in [0.1, 0.15) is 5.56 Å². The lowest BCUT2D eigenvalue weighted by molar-refractivity contribution is -0.322. The van der Waals surface area contributed by atoms with E-state index in [1.165, 1.54) is 6.07 Å². The van der Waals surface area contributed by atoms with E-state index in [0.717, 1.165) is 12.1 Å². The second-order valence-electron chi connectivity index (χ2n) is 3.38. The van der Waals surface area contributed by atoms with Gasteiger partial charge in [0.2, 0.25) is 0 Å². The second kappa shape index (κ2) is 5.87. The standard InChI is InChI=1S/C10H8ClF6NO/c11-7-3-1-2-6(9(12,13)14)8(7)18-4-5-19-10(15,16)17/h1-3,18H,4-5H2. The molecular weight excluding hydrogens is 300 g/mol. The number of hydrogen-bond donors (Lipinski definition) is 1. The van der Waals surface area contributed by atoms with E-state index in [0.29, 0.717) is 0 Å². The maximum atomic E-state index is 12.6. The second-order valence-corrected chi connectivity index (χ2v) is 3.79. The average Bonchev–Trinajstić information content (AvgIpc) is 2.23. The fourth-order valence-corrected chi connectivity index (χ4v) is 1.52. The molecule has 1 N–H and O–H groups in total. The number of ether oxygens (including phenoxy) is 1. The molecule has 1 aromatic rings. The molecule has 19 heavy (non-hydrogen) atoms. The van der Waals surface area contributed by atoms with Gasteiger partial charge in [-0.05, 0) is 12.1 Å². The Labute approximate surface area is 109 Å². The Morgan fingerprint density at radius 2 is 1.74 bits per heavy atom. The van der Waals surface area contributed by atoms with Crippen LogP contribution >= 0.6 is 11.6 Å². The molecule has 0 spiro atoms. The lowest BCUT2D eigenvalue weighted by atomic mass is 10.1. The first-order chi connectivity index (χ1) is 8.61. The minimum Gasteiger partial charge on any atom is -0.381 e. The fraction of sp³-hybridized carbons (Fsp3) is 0.400. The number of halogens is 7. The first-order valence-electron chi connectivity index (χ1n) is 4.91. The van der Waals surface area contributed by atoms with E-state index in [1.807, 2.05) is 0 Å². The zero-order valence-electron chi connectivity index (χ0n) is 9.20. The van der Waals surface area contributed by atoms with Crippen LogP contribution in [0, 0.1) is 0 Å². The van der Waals surface area contributed by atoms with Crippen LogP contribution in [0.4, 0.5) is 32.0 Å². The Hall–Kier alpha value is -1.15. The van der Waals surface area contributed by atoms with Crippen molar-refractivity contribution in [1.82, 2.24) is 0 Å². The third kappa shape index (κ3) is 5.15. The summed E-state index contributed by atoms with van der Waals surface area (Å²) in [6.45, 7) is -1.29. The van der Waals surface area contributed by atoms with Gasteiger partial charge in [-0.25, -0.2) is 0 Å². The molecule has 9 heteroatoms. The van der Waals surface area contributed by atoms with Gasteiger partial charge in [-0.2, -0.15) is 13.2 Å². The lowest BCUT2D eigenvalue weighted by Gasteiger charge is -2.16. The van der Waals surface area contributed by atoms with Crippen molar-refractivity contribution in [3.05, 3.63) is 28.8 Å². The summed E-state index contributed by atoms with van der Waals surface area (Å²) in [4.78, 5) is 0. The minimum absolute atomic E-state index is 0.234. The Bertz CT molecular complexity index is 431. The van der Waals surface area contributed by atoms with Crippen molar-refractivity contribution in [3.8, 4) is 0 Å². The van der Waals surface area contributed by atoms with E-state index in [-0.39, 0.29) is 5.02 Å². The zero-order valence-corrected chi connectivity index (χ0v) is 9.96. The van der Waals surface area contributed by atoms with Crippen molar-refractivity contribution in [2.75, 3.05) is 18.5 Å². The first-order valence-corrected chi connectivity index (χ1v) is 5.29. The number of rotatable bonds is 4. The predicted octanol–water partition coefficient (Wildman–Crippen LogP) is 4.31. The highest BCUT2D eigenvalue weighted by molar-refractivity contribution is 6.33. The van der Waals surface area contributed by atoms with Gasteiger partial charge in [-0.1, -0.05) is 17.7 Å². The summed E-state index contributed by atoms with van der Waals surface area (Å²) < 4.78 is 76.3. The molecule has 0 radical (unpaired) electrons. The van der Waals surface area contributed by atoms with E-state index in [2.05, 4.69) is 10.1 Å². The molecule has 0 aliphatic rings. The smallest absolute Gasteiger partial charge is 0.381 e. The highest BCUT2D eigenvalue weighted by Gasteiger charge is 2.34. The van der Waals surface area contributed by atoms with Crippen LogP contribution in [-0.2, 0) is 10.9 Å². The molecule has 0 saturated carbocycles. The van der Waals surface area contributed by atoms with Gasteiger partial charge in [0.15, 0.2) is 0 Å². The lowest BCUT2D eigenvalue weighted by Crippen LogP contribution is -2.20. The van der Waals surface area contributed by atoms with Crippen LogP contribution in [0.15, 0.2) is 18.2 Å². The first kappa shape index (κ1) is 15.9. The molecule has 2 nitrogen and oxygen atoms in total. The van der Waals surface area contributed by atoms with Gasteiger partial charge in [0.1, 0.15) is 0 Å². The molecule has 0 aliphatic carbocycles. The van der Waals surface area contributed by atoms with Gasteiger partial charge in [0.05, 0.1) is 22.9 Å². The SMILES string of the molecule is FC(F)(F)OCCNc1c(Cl)cccc1C(F)(F)F. The molecule has 0 amide bonds. The van der Waals surface area contributed by atoms with E-state index < -0.39 is 36.9 Å². The number of hydrogen-bond acceptors (Lipinski definition) is 2. The van der Waals surface area contributed by atoms with Gasteiger partial charge < -0.3 is 5.32 Å². The van der Waals surface area contributed by atoms with Gasteiger partial charge in [-0.15, -0.1) is 13.2 Å². The topological polar surface area (TPSA) is 21.3 Å². The molecule has 1 rings (SSSR count). The third-order valence-electron chi connectivity index (χ3n) is 1.99. The molecule has 0 aromatic heterocycles. The maximum absolute atomic E-state index is 12.6. The van der Waals surface area contributed by atoms with Crippen molar-refractivity contribution in [2.45, 2.75) is 12.5 Å². The van der Waals surface area contributed by atoms with Crippen LogP contribution < -0.4 is 5.32 Å². The highest BCUT2D eigenvalue weighted by atomic mass is 35.5. The summed E-state index contributed by atoms with van der Waals surface area (Å²) in [6.07, 6.45) is -9.48. The molecule has 0 fully saturated rings. The molecule has 0 bridgehead atoms. The summed E-state index contributed by atoms with van der Waals surface area (Å²) >= 11 is 5.58. The number of anilines is 1. The fourth-order valence-electron chi connectivity index (χ4n) is 1.28. The molecular formula is C10H8ClF6NO. The summed E-state index contributed by atoms with van der Waals surface area (Å²) in [5.74, 6) is 0. The van der Waals surface area contributed by atoms with Crippen molar-refractivity contribution in [2.24, 2.45) is 0 Å². The zero-order chi connectivity index (χ0) is 14.7. The monoisotopic (exact) mass is 307 g/mol. The van der Waals surface area contributed by atoms with Gasteiger partial charge in [-0.3, -0.25) is 4.74 Å². The normalized spacial score (nSPS) is 12.6. The predicted molar refractivity (Wildman–Crippen MR) is 57.0 cm³/mol. The van der Waals surface area contributed by atoms with Crippen LogP contribution in [0.3, 0.4) is 0 Å². The van der Waals surface area contributed by atoms with E-state index in [9.17, 15) is 26.3 Å². The summed E-state index contributed by atoms with van der Waals surface area (Å²) in [6, 6.07) is 3.07. The number of alkyl halides is 6. The maximum Gasteiger partial charge on any atom is 0.522 e. The van der Waals surface area contributed by atoms with Crippen molar-refractivity contribution in [1.29, 1.82) is 0 Å². The Balaban J connectivity index is 2.73. The van der Waals surface area contributed by atoms with E-state index in [4.69, 9.17) is 11.6 Å². The van der Waals surface area contributed by atoms with Crippen LogP contribution in [0.5, 0.6) is 0 Å². The molecule has 1 aromatic carbocycles. The summed E-state index contributed by atoms with van der Waals surface area (Å²) in [7, 11) is 0. The highest BCUT2D eigenvalue weighted by Crippen LogP contribution is 2.38.